The van der Waals surface area contributed by atoms with Crippen LogP contribution >= 0.6 is 11.3 Å². The summed E-state index contributed by atoms with van der Waals surface area (Å²) in [5.41, 5.74) is 0.813. The Kier molecular flexibility index (Phi) is 5.10. The average Bonchev–Trinajstić information content (AvgIpc) is 2.92. The molecule has 3 nitrogen and oxygen atoms in total. The van der Waals surface area contributed by atoms with Crippen LogP contribution in [0, 0.1) is 0 Å². The molecule has 19 heavy (non-hydrogen) atoms. The lowest BCUT2D eigenvalue weighted by Crippen LogP contribution is -2.06. The summed E-state index contributed by atoms with van der Waals surface area (Å²) in [6.45, 7) is 4.50. The smallest absolute Gasteiger partial charge is 0.213 e. The van der Waals surface area contributed by atoms with Crippen molar-refractivity contribution in [2.24, 2.45) is 0 Å². The van der Waals surface area contributed by atoms with Crippen LogP contribution in [0.2, 0.25) is 0 Å². The van der Waals surface area contributed by atoms with Crippen molar-refractivity contribution in [1.29, 1.82) is 0 Å². The molecule has 0 saturated heterocycles. The Morgan fingerprint density at radius 2 is 2.21 bits per heavy atom. The van der Waals surface area contributed by atoms with Crippen molar-refractivity contribution in [2.45, 2.75) is 24.9 Å². The van der Waals surface area contributed by atoms with E-state index in [9.17, 15) is 4.21 Å². The molecule has 0 amide bonds. The number of nitrogens with zero attached hydrogens (tertiary/aromatic N) is 1. The maximum atomic E-state index is 12.3. The molecular weight excluding hydrogens is 278 g/mol. The van der Waals surface area contributed by atoms with Gasteiger partial charge in [-0.15, -0.1) is 11.3 Å². The predicted molar refractivity (Wildman–Crippen MR) is 80.0 cm³/mol. The Labute approximate surface area is 120 Å². The topological polar surface area (TPSA) is 39.2 Å². The first-order valence-electron chi connectivity index (χ1n) is 6.20. The van der Waals surface area contributed by atoms with Crippen molar-refractivity contribution >= 4 is 22.1 Å². The molecule has 0 saturated carbocycles. The van der Waals surface area contributed by atoms with Gasteiger partial charge < -0.3 is 4.74 Å². The molecule has 2 aromatic heterocycles. The van der Waals surface area contributed by atoms with Gasteiger partial charge in [0, 0.05) is 21.7 Å². The van der Waals surface area contributed by atoms with Crippen LogP contribution in [0.3, 0.4) is 0 Å². The lowest BCUT2D eigenvalue weighted by atomic mass is 10.4. The molecule has 0 N–H and O–H groups in total. The zero-order chi connectivity index (χ0) is 13.7. The Bertz CT molecular complexity index is 540. The van der Waals surface area contributed by atoms with Crippen molar-refractivity contribution in [3.63, 3.8) is 0 Å². The van der Waals surface area contributed by atoms with E-state index in [1.807, 2.05) is 49.6 Å². The van der Waals surface area contributed by atoms with Gasteiger partial charge in [0.25, 0.3) is 0 Å². The molecule has 0 fully saturated rings. The molecule has 2 rings (SSSR count). The third kappa shape index (κ3) is 3.88. The molecular formula is C14H17NO2S2. The van der Waals surface area contributed by atoms with Gasteiger partial charge >= 0.3 is 0 Å². The first-order valence-corrected chi connectivity index (χ1v) is 8.46. The fraction of sp³-hybridized carbons (Fsp3) is 0.357. The highest BCUT2D eigenvalue weighted by atomic mass is 32.2. The minimum absolute atomic E-state index is 0.0394. The summed E-state index contributed by atoms with van der Waals surface area (Å²) in [7, 11) is -0.965. The van der Waals surface area contributed by atoms with Crippen molar-refractivity contribution in [2.75, 3.05) is 6.61 Å². The van der Waals surface area contributed by atoms with Gasteiger partial charge in [-0.1, -0.05) is 12.1 Å². The molecule has 5 heteroatoms. The van der Waals surface area contributed by atoms with Gasteiger partial charge in [0.1, 0.15) is 0 Å². The Morgan fingerprint density at radius 1 is 1.37 bits per heavy atom. The summed E-state index contributed by atoms with van der Waals surface area (Å²) < 4.78 is 17.7. The fourth-order valence-corrected chi connectivity index (χ4v) is 3.88. The minimum Gasteiger partial charge on any atom is -0.478 e. The second-order valence-corrected chi connectivity index (χ2v) is 6.82. The van der Waals surface area contributed by atoms with E-state index in [-0.39, 0.29) is 5.25 Å². The van der Waals surface area contributed by atoms with Crippen molar-refractivity contribution in [3.8, 4) is 5.88 Å². The Morgan fingerprint density at radius 3 is 2.89 bits per heavy atom. The van der Waals surface area contributed by atoms with Gasteiger partial charge in [-0.05, 0) is 31.4 Å². The van der Waals surface area contributed by atoms with Gasteiger partial charge in [0.2, 0.25) is 5.88 Å². The van der Waals surface area contributed by atoms with Gasteiger partial charge in [-0.3, -0.25) is 4.21 Å². The highest BCUT2D eigenvalue weighted by Crippen LogP contribution is 2.25. The zero-order valence-corrected chi connectivity index (χ0v) is 12.7. The first kappa shape index (κ1) is 14.2. The Balaban J connectivity index is 2.04. The SMILES string of the molecule is CCOc1cccc(C[S@](=O)[C@@H](C)c2cccs2)n1. The standard InChI is InChI=1S/C14H17NO2S2/c1-3-17-14-8-4-6-12(15-14)10-19(16)11(2)13-7-5-9-18-13/h4-9,11H,3,10H2,1-2H3/t11-,19-/m0/s1. The third-order valence-corrected chi connectivity index (χ3v) is 5.53. The molecule has 0 aliphatic heterocycles. The van der Waals surface area contributed by atoms with Crippen molar-refractivity contribution < 1.29 is 8.95 Å². The van der Waals surface area contributed by atoms with Crippen LogP contribution in [-0.2, 0) is 16.6 Å². The van der Waals surface area contributed by atoms with E-state index in [0.29, 0.717) is 18.2 Å². The fourth-order valence-electron chi connectivity index (χ4n) is 1.69. The zero-order valence-electron chi connectivity index (χ0n) is 11.0. The van der Waals surface area contributed by atoms with E-state index in [2.05, 4.69) is 4.98 Å². The van der Waals surface area contributed by atoms with Crippen molar-refractivity contribution in [1.82, 2.24) is 4.98 Å². The molecule has 0 radical (unpaired) electrons. The van der Waals surface area contributed by atoms with E-state index < -0.39 is 10.8 Å². The van der Waals surface area contributed by atoms with Crippen LogP contribution in [0.4, 0.5) is 0 Å². The number of rotatable bonds is 6. The molecule has 0 spiro atoms. The minimum atomic E-state index is -0.965. The molecule has 102 valence electrons. The van der Waals surface area contributed by atoms with Crippen LogP contribution < -0.4 is 4.74 Å². The van der Waals surface area contributed by atoms with Gasteiger partial charge in [-0.2, -0.15) is 0 Å². The molecule has 2 heterocycles. The summed E-state index contributed by atoms with van der Waals surface area (Å²) >= 11 is 1.64. The largest absolute Gasteiger partial charge is 0.478 e. The summed E-state index contributed by atoms with van der Waals surface area (Å²) in [6.07, 6.45) is 0. The lowest BCUT2D eigenvalue weighted by Gasteiger charge is -2.10. The molecule has 0 aliphatic carbocycles. The maximum Gasteiger partial charge on any atom is 0.213 e. The highest BCUT2D eigenvalue weighted by Gasteiger charge is 2.15. The summed E-state index contributed by atoms with van der Waals surface area (Å²) in [4.78, 5) is 5.51. The summed E-state index contributed by atoms with van der Waals surface area (Å²) in [5.74, 6) is 1.06. The predicted octanol–water partition coefficient (Wildman–Crippen LogP) is 3.55. The van der Waals surface area contributed by atoms with Crippen LogP contribution in [-0.4, -0.2) is 15.8 Å². The van der Waals surface area contributed by atoms with Crippen LogP contribution in [0.1, 0.15) is 29.7 Å². The number of pyridine rings is 1. The third-order valence-electron chi connectivity index (χ3n) is 2.70. The quantitative estimate of drug-likeness (QED) is 0.818. The molecule has 0 bridgehead atoms. The molecule has 0 aliphatic rings. The summed E-state index contributed by atoms with van der Waals surface area (Å²) in [5, 5.41) is 2.05. The second-order valence-electron chi connectivity index (χ2n) is 4.08. The monoisotopic (exact) mass is 295 g/mol. The lowest BCUT2D eigenvalue weighted by molar-refractivity contribution is 0.326. The van der Waals surface area contributed by atoms with Crippen LogP contribution in [0.25, 0.3) is 0 Å². The van der Waals surface area contributed by atoms with Gasteiger partial charge in [0.15, 0.2) is 0 Å². The van der Waals surface area contributed by atoms with Crippen LogP contribution in [0.5, 0.6) is 5.88 Å². The van der Waals surface area contributed by atoms with E-state index in [1.54, 1.807) is 11.3 Å². The second kappa shape index (κ2) is 6.82. The number of hydrogen-bond acceptors (Lipinski definition) is 4. The van der Waals surface area contributed by atoms with Crippen LogP contribution in [0.15, 0.2) is 35.7 Å². The first-order chi connectivity index (χ1) is 9.20. The normalized spacial score (nSPS) is 14.0. The van der Waals surface area contributed by atoms with E-state index in [0.717, 1.165) is 10.6 Å². The molecule has 0 unspecified atom stereocenters. The van der Waals surface area contributed by atoms with Crippen molar-refractivity contribution in [3.05, 3.63) is 46.3 Å². The molecule has 2 atom stereocenters. The van der Waals surface area contributed by atoms with E-state index >= 15 is 0 Å². The number of aromatic nitrogens is 1. The maximum absolute atomic E-state index is 12.3. The Hall–Kier alpha value is -1.20. The molecule has 2 aromatic rings. The van der Waals surface area contributed by atoms with Gasteiger partial charge in [0.05, 0.1) is 23.3 Å². The van der Waals surface area contributed by atoms with Gasteiger partial charge in [-0.25, -0.2) is 4.98 Å². The molecule has 0 aromatic carbocycles. The average molecular weight is 295 g/mol. The van der Waals surface area contributed by atoms with E-state index in [1.165, 1.54) is 0 Å². The number of hydrogen-bond donors (Lipinski definition) is 0. The van der Waals surface area contributed by atoms with E-state index in [4.69, 9.17) is 4.74 Å². The number of ether oxygens (including phenoxy) is 1. The summed E-state index contributed by atoms with van der Waals surface area (Å²) in [6, 6.07) is 9.61. The highest BCUT2D eigenvalue weighted by molar-refractivity contribution is 7.84. The number of thiophene rings is 1.